The summed E-state index contributed by atoms with van der Waals surface area (Å²) in [6, 6.07) is 9.43. The molecule has 17 heavy (non-hydrogen) atoms. The van der Waals surface area contributed by atoms with Gasteiger partial charge in [0.2, 0.25) is 0 Å². The van der Waals surface area contributed by atoms with Gasteiger partial charge < -0.3 is 5.32 Å². The molecule has 0 aliphatic heterocycles. The van der Waals surface area contributed by atoms with Crippen LogP contribution < -0.4 is 5.32 Å². The lowest BCUT2D eigenvalue weighted by molar-refractivity contribution is 0.233. The average Bonchev–Trinajstić information content (AvgIpc) is 2.31. The summed E-state index contributed by atoms with van der Waals surface area (Å²) < 4.78 is 1.31. The topological polar surface area (TPSA) is 12.0 Å². The second-order valence-electron chi connectivity index (χ2n) is 5.28. The molecule has 1 unspecified atom stereocenters. The Morgan fingerprint density at radius 3 is 2.24 bits per heavy atom. The van der Waals surface area contributed by atoms with Crippen molar-refractivity contribution in [3.8, 4) is 0 Å². The van der Waals surface area contributed by atoms with Crippen LogP contribution in [0.25, 0.3) is 0 Å². The molecule has 0 fully saturated rings. The molecule has 0 spiro atoms. The van der Waals surface area contributed by atoms with Crippen molar-refractivity contribution in [1.29, 1.82) is 0 Å². The number of likely N-dealkylation sites (N-methyl/N-ethyl adjacent to an activating group) is 1. The van der Waals surface area contributed by atoms with Gasteiger partial charge in [0, 0.05) is 9.61 Å². The molecule has 1 N–H and O–H groups in total. The van der Waals surface area contributed by atoms with Gasteiger partial charge in [0.25, 0.3) is 0 Å². The minimum atomic E-state index is 0.346. The third-order valence-corrected chi connectivity index (χ3v) is 4.38. The molecule has 0 aromatic heterocycles. The molecule has 0 heterocycles. The minimum absolute atomic E-state index is 0.346. The lowest BCUT2D eigenvalue weighted by Gasteiger charge is -2.34. The monoisotopic (exact) mass is 345 g/mol. The summed E-state index contributed by atoms with van der Waals surface area (Å²) in [5.41, 5.74) is 1.77. The van der Waals surface area contributed by atoms with Crippen LogP contribution in [0.5, 0.6) is 0 Å². The maximum Gasteiger partial charge on any atom is 0.0158 e. The summed E-state index contributed by atoms with van der Waals surface area (Å²) in [4.78, 5) is 0. The van der Waals surface area contributed by atoms with Crippen LogP contribution in [0.2, 0.25) is 0 Å². The first-order valence-electron chi connectivity index (χ1n) is 6.47. The number of hydrogen-bond donors (Lipinski definition) is 1. The summed E-state index contributed by atoms with van der Waals surface area (Å²) >= 11 is 2.35. The molecule has 0 saturated heterocycles. The first-order chi connectivity index (χ1) is 7.99. The number of hydrogen-bond acceptors (Lipinski definition) is 1. The van der Waals surface area contributed by atoms with E-state index >= 15 is 0 Å². The van der Waals surface area contributed by atoms with Gasteiger partial charge in [-0.25, -0.2) is 0 Å². The molecule has 0 amide bonds. The number of nitrogens with one attached hydrogen (secondary N) is 1. The van der Waals surface area contributed by atoms with Gasteiger partial charge in [-0.1, -0.05) is 39.8 Å². The molecule has 1 aromatic rings. The van der Waals surface area contributed by atoms with E-state index in [1.54, 1.807) is 0 Å². The zero-order valence-corrected chi connectivity index (χ0v) is 13.5. The van der Waals surface area contributed by atoms with E-state index < -0.39 is 0 Å². The van der Waals surface area contributed by atoms with Crippen molar-refractivity contribution in [2.45, 2.75) is 46.6 Å². The van der Waals surface area contributed by atoms with Crippen LogP contribution >= 0.6 is 22.6 Å². The first-order valence-corrected chi connectivity index (χ1v) is 7.55. The lowest BCUT2D eigenvalue weighted by atomic mass is 9.79. The van der Waals surface area contributed by atoms with Crippen molar-refractivity contribution in [2.24, 2.45) is 5.41 Å². The molecular weight excluding hydrogens is 321 g/mol. The highest BCUT2D eigenvalue weighted by Gasteiger charge is 2.26. The molecule has 0 saturated carbocycles. The maximum atomic E-state index is 3.64. The van der Waals surface area contributed by atoms with E-state index in [9.17, 15) is 0 Å². The Balaban J connectivity index is 2.76. The molecule has 1 nitrogen and oxygen atoms in total. The Bertz CT molecular complexity index is 329. The number of benzene rings is 1. The molecule has 0 radical (unpaired) electrons. The van der Waals surface area contributed by atoms with E-state index in [2.05, 4.69) is 79.9 Å². The molecule has 1 atom stereocenters. The van der Waals surface area contributed by atoms with Gasteiger partial charge in [0.05, 0.1) is 0 Å². The molecular formula is C15H24IN. The molecule has 96 valence electrons. The van der Waals surface area contributed by atoms with Gasteiger partial charge in [0.15, 0.2) is 0 Å². The fraction of sp³-hybridized carbons (Fsp3) is 0.600. The van der Waals surface area contributed by atoms with Crippen LogP contribution in [0.15, 0.2) is 24.3 Å². The van der Waals surface area contributed by atoms with Crippen molar-refractivity contribution < 1.29 is 0 Å². The largest absolute Gasteiger partial charge is 0.313 e. The lowest BCUT2D eigenvalue weighted by Crippen LogP contribution is -2.43. The quantitative estimate of drug-likeness (QED) is 0.760. The fourth-order valence-electron chi connectivity index (χ4n) is 1.97. The van der Waals surface area contributed by atoms with Crippen LogP contribution in [0.4, 0.5) is 0 Å². The highest BCUT2D eigenvalue weighted by Crippen LogP contribution is 2.27. The van der Waals surface area contributed by atoms with Crippen molar-refractivity contribution >= 4 is 22.6 Å². The maximum absolute atomic E-state index is 3.64. The van der Waals surface area contributed by atoms with Crippen LogP contribution in [0.3, 0.4) is 0 Å². The van der Waals surface area contributed by atoms with E-state index in [1.807, 2.05) is 0 Å². The summed E-state index contributed by atoms with van der Waals surface area (Å²) in [5, 5.41) is 3.64. The predicted molar refractivity (Wildman–Crippen MR) is 84.4 cm³/mol. The van der Waals surface area contributed by atoms with Crippen molar-refractivity contribution in [2.75, 3.05) is 6.54 Å². The van der Waals surface area contributed by atoms with Crippen molar-refractivity contribution in [1.82, 2.24) is 5.32 Å². The zero-order valence-electron chi connectivity index (χ0n) is 11.4. The minimum Gasteiger partial charge on any atom is -0.313 e. The zero-order chi connectivity index (χ0) is 12.9. The summed E-state index contributed by atoms with van der Waals surface area (Å²) in [5.74, 6) is 0. The standard InChI is InChI=1S/C15H24IN/c1-5-15(3,4)14(17-6-2)11-12-7-9-13(16)10-8-12/h7-10,14,17H,5-6,11H2,1-4H3. The van der Waals surface area contributed by atoms with Gasteiger partial charge >= 0.3 is 0 Å². The Kier molecular flexibility index (Phi) is 5.93. The van der Waals surface area contributed by atoms with Gasteiger partial charge in [-0.05, 0) is 65.1 Å². The van der Waals surface area contributed by atoms with Crippen LogP contribution in [-0.2, 0) is 6.42 Å². The third kappa shape index (κ3) is 4.59. The van der Waals surface area contributed by atoms with Crippen molar-refractivity contribution in [3.05, 3.63) is 33.4 Å². The van der Waals surface area contributed by atoms with Crippen LogP contribution in [0, 0.1) is 8.99 Å². The molecule has 0 aliphatic rings. The highest BCUT2D eigenvalue weighted by atomic mass is 127. The van der Waals surface area contributed by atoms with Gasteiger partial charge in [-0.15, -0.1) is 0 Å². The Hall–Kier alpha value is -0.0900. The molecule has 1 rings (SSSR count). The van der Waals surface area contributed by atoms with Crippen molar-refractivity contribution in [3.63, 3.8) is 0 Å². The highest BCUT2D eigenvalue weighted by molar-refractivity contribution is 14.1. The summed E-state index contributed by atoms with van der Waals surface area (Å²) in [6.45, 7) is 10.2. The van der Waals surface area contributed by atoms with E-state index in [4.69, 9.17) is 0 Å². The summed E-state index contributed by atoms with van der Waals surface area (Å²) in [7, 11) is 0. The first kappa shape index (κ1) is 15.0. The second-order valence-corrected chi connectivity index (χ2v) is 6.53. The molecule has 2 heteroatoms. The van der Waals surface area contributed by atoms with Crippen LogP contribution in [0.1, 0.15) is 39.7 Å². The predicted octanol–water partition coefficient (Wildman–Crippen LogP) is 4.25. The number of halogens is 1. The smallest absolute Gasteiger partial charge is 0.0158 e. The number of rotatable bonds is 6. The van der Waals surface area contributed by atoms with Gasteiger partial charge in [-0.2, -0.15) is 0 Å². The Morgan fingerprint density at radius 1 is 1.18 bits per heavy atom. The molecule has 1 aromatic carbocycles. The Morgan fingerprint density at radius 2 is 1.76 bits per heavy atom. The van der Waals surface area contributed by atoms with E-state index in [-0.39, 0.29) is 0 Å². The normalized spacial score (nSPS) is 13.7. The van der Waals surface area contributed by atoms with Gasteiger partial charge in [-0.3, -0.25) is 0 Å². The second kappa shape index (κ2) is 6.74. The van der Waals surface area contributed by atoms with Gasteiger partial charge in [0.1, 0.15) is 0 Å². The van der Waals surface area contributed by atoms with Crippen LogP contribution in [-0.4, -0.2) is 12.6 Å². The molecule has 0 bridgehead atoms. The Labute approximate surface area is 120 Å². The molecule has 0 aliphatic carbocycles. The summed E-state index contributed by atoms with van der Waals surface area (Å²) in [6.07, 6.45) is 2.32. The third-order valence-electron chi connectivity index (χ3n) is 3.66. The fourth-order valence-corrected chi connectivity index (χ4v) is 2.33. The average molecular weight is 345 g/mol. The van der Waals surface area contributed by atoms with E-state index in [0.717, 1.165) is 13.0 Å². The SMILES string of the molecule is CCNC(Cc1ccc(I)cc1)C(C)(C)CC. The van der Waals surface area contributed by atoms with E-state index in [1.165, 1.54) is 15.6 Å². The van der Waals surface area contributed by atoms with E-state index in [0.29, 0.717) is 11.5 Å².